The summed E-state index contributed by atoms with van der Waals surface area (Å²) in [4.78, 5) is 30.2. The average molecular weight is 320 g/mol. The molecule has 0 bridgehead atoms. The molecule has 2 heterocycles. The van der Waals surface area contributed by atoms with Gasteiger partial charge in [-0.15, -0.1) is 11.8 Å². The van der Waals surface area contributed by atoms with Gasteiger partial charge in [0.2, 0.25) is 0 Å². The number of carbonyl (C=O) groups is 1. The van der Waals surface area contributed by atoms with E-state index in [1.54, 1.807) is 18.7 Å². The predicted molar refractivity (Wildman–Crippen MR) is 84.6 cm³/mol. The molecule has 7 heteroatoms. The number of esters is 1. The third-order valence-corrected chi connectivity index (χ3v) is 4.78. The summed E-state index contributed by atoms with van der Waals surface area (Å²) in [6, 6.07) is 5.84. The SMILES string of the molecule is CCOC(=O)c1cnc2sc3cc(SC)ccc3n2c1=O. The van der Waals surface area contributed by atoms with Crippen LogP contribution in [-0.2, 0) is 4.74 Å². The van der Waals surface area contributed by atoms with Gasteiger partial charge in [0.25, 0.3) is 5.56 Å². The van der Waals surface area contributed by atoms with E-state index >= 15 is 0 Å². The molecule has 0 amide bonds. The van der Waals surface area contributed by atoms with Crippen LogP contribution in [0.3, 0.4) is 0 Å². The number of rotatable bonds is 3. The Morgan fingerprint density at radius 1 is 1.48 bits per heavy atom. The van der Waals surface area contributed by atoms with E-state index in [9.17, 15) is 9.59 Å². The highest BCUT2D eigenvalue weighted by atomic mass is 32.2. The predicted octanol–water partition coefficient (Wildman–Crippen LogP) is 2.81. The van der Waals surface area contributed by atoms with Crippen LogP contribution in [0.4, 0.5) is 0 Å². The molecule has 0 radical (unpaired) electrons. The topological polar surface area (TPSA) is 60.7 Å². The molecule has 2 aromatic heterocycles. The van der Waals surface area contributed by atoms with Crippen molar-refractivity contribution in [3.8, 4) is 0 Å². The van der Waals surface area contributed by atoms with Crippen LogP contribution >= 0.6 is 23.1 Å². The fourth-order valence-electron chi connectivity index (χ4n) is 2.06. The van der Waals surface area contributed by atoms with E-state index in [-0.39, 0.29) is 17.7 Å². The van der Waals surface area contributed by atoms with Gasteiger partial charge in [-0.05, 0) is 31.4 Å². The van der Waals surface area contributed by atoms with Crippen molar-refractivity contribution in [3.05, 3.63) is 40.3 Å². The fraction of sp³-hybridized carbons (Fsp3) is 0.214. The van der Waals surface area contributed by atoms with Gasteiger partial charge in [0, 0.05) is 4.90 Å². The molecule has 0 N–H and O–H groups in total. The number of ether oxygens (including phenoxy) is 1. The van der Waals surface area contributed by atoms with Gasteiger partial charge in [-0.1, -0.05) is 11.3 Å². The second-order valence-corrected chi connectivity index (χ2v) is 6.14. The van der Waals surface area contributed by atoms with Crippen molar-refractivity contribution in [2.75, 3.05) is 12.9 Å². The van der Waals surface area contributed by atoms with Gasteiger partial charge >= 0.3 is 5.97 Å². The Balaban J connectivity index is 2.29. The van der Waals surface area contributed by atoms with Crippen LogP contribution in [0.2, 0.25) is 0 Å². The normalized spacial score (nSPS) is 11.1. The number of fused-ring (bicyclic) bond motifs is 3. The Morgan fingerprint density at radius 3 is 3.00 bits per heavy atom. The molecule has 0 atom stereocenters. The minimum Gasteiger partial charge on any atom is -0.462 e. The number of hydrogen-bond donors (Lipinski definition) is 0. The first kappa shape index (κ1) is 14.1. The second-order valence-electron chi connectivity index (χ2n) is 4.25. The smallest absolute Gasteiger partial charge is 0.345 e. The highest BCUT2D eigenvalue weighted by Crippen LogP contribution is 2.28. The Bertz CT molecular complexity index is 898. The molecule has 0 aliphatic heterocycles. The number of nitrogens with zero attached hydrogens (tertiary/aromatic N) is 2. The van der Waals surface area contributed by atoms with Gasteiger partial charge in [0.1, 0.15) is 5.56 Å². The Labute approximate surface area is 128 Å². The maximum atomic E-state index is 12.5. The van der Waals surface area contributed by atoms with Crippen molar-refractivity contribution in [2.24, 2.45) is 0 Å². The minimum atomic E-state index is -0.635. The zero-order chi connectivity index (χ0) is 15.0. The average Bonchev–Trinajstić information content (AvgIpc) is 2.85. The zero-order valence-electron chi connectivity index (χ0n) is 11.5. The quantitative estimate of drug-likeness (QED) is 0.548. The van der Waals surface area contributed by atoms with Crippen molar-refractivity contribution in [2.45, 2.75) is 11.8 Å². The van der Waals surface area contributed by atoms with Crippen LogP contribution in [0.25, 0.3) is 15.2 Å². The lowest BCUT2D eigenvalue weighted by Gasteiger charge is -2.01. The molecule has 0 aliphatic carbocycles. The summed E-state index contributed by atoms with van der Waals surface area (Å²) in [6.07, 6.45) is 3.29. The molecule has 0 saturated carbocycles. The van der Waals surface area contributed by atoms with E-state index < -0.39 is 5.97 Å². The summed E-state index contributed by atoms with van der Waals surface area (Å²) in [5.74, 6) is -0.635. The number of benzene rings is 1. The molecular formula is C14H12N2O3S2. The van der Waals surface area contributed by atoms with Gasteiger partial charge in [0.15, 0.2) is 4.96 Å². The van der Waals surface area contributed by atoms with Gasteiger partial charge in [-0.3, -0.25) is 9.20 Å². The number of thiazole rings is 1. The van der Waals surface area contributed by atoms with Crippen LogP contribution in [0.1, 0.15) is 17.3 Å². The molecule has 0 saturated heterocycles. The first-order chi connectivity index (χ1) is 10.2. The first-order valence-electron chi connectivity index (χ1n) is 6.31. The molecule has 21 heavy (non-hydrogen) atoms. The number of carbonyl (C=O) groups excluding carboxylic acids is 1. The largest absolute Gasteiger partial charge is 0.462 e. The molecule has 0 spiro atoms. The monoisotopic (exact) mass is 320 g/mol. The van der Waals surface area contributed by atoms with Crippen molar-refractivity contribution in [1.82, 2.24) is 9.38 Å². The third kappa shape index (κ3) is 2.32. The van der Waals surface area contributed by atoms with E-state index in [4.69, 9.17) is 4.74 Å². The molecule has 3 aromatic rings. The summed E-state index contributed by atoms with van der Waals surface area (Å²) in [7, 11) is 0. The summed E-state index contributed by atoms with van der Waals surface area (Å²) >= 11 is 3.06. The Hall–Kier alpha value is -1.86. The van der Waals surface area contributed by atoms with Crippen molar-refractivity contribution in [1.29, 1.82) is 0 Å². The van der Waals surface area contributed by atoms with Crippen LogP contribution in [0, 0.1) is 0 Å². The maximum Gasteiger partial charge on any atom is 0.345 e. The summed E-state index contributed by atoms with van der Waals surface area (Å²) in [5, 5.41) is 0. The molecule has 108 valence electrons. The highest BCUT2D eigenvalue weighted by Gasteiger charge is 2.17. The number of hydrogen-bond acceptors (Lipinski definition) is 6. The van der Waals surface area contributed by atoms with Crippen molar-refractivity contribution in [3.63, 3.8) is 0 Å². The molecule has 5 nitrogen and oxygen atoms in total. The summed E-state index contributed by atoms with van der Waals surface area (Å²) < 4.78 is 7.32. The van der Waals surface area contributed by atoms with Gasteiger partial charge in [-0.25, -0.2) is 9.78 Å². The number of thioether (sulfide) groups is 1. The molecule has 3 rings (SSSR count). The van der Waals surface area contributed by atoms with Crippen LogP contribution in [0.5, 0.6) is 0 Å². The third-order valence-electron chi connectivity index (χ3n) is 3.03. The van der Waals surface area contributed by atoms with Gasteiger partial charge in [0.05, 0.1) is 23.0 Å². The molecular weight excluding hydrogens is 308 g/mol. The van der Waals surface area contributed by atoms with Gasteiger partial charge < -0.3 is 4.74 Å². The van der Waals surface area contributed by atoms with Crippen molar-refractivity contribution < 1.29 is 9.53 Å². The molecule has 0 unspecified atom stereocenters. The number of aromatic nitrogens is 2. The Morgan fingerprint density at radius 2 is 2.29 bits per heavy atom. The second kappa shape index (κ2) is 5.50. The van der Waals surface area contributed by atoms with Crippen molar-refractivity contribution >= 4 is 44.2 Å². The zero-order valence-corrected chi connectivity index (χ0v) is 13.1. The Kier molecular flexibility index (Phi) is 3.69. The van der Waals surface area contributed by atoms with E-state index in [2.05, 4.69) is 4.98 Å². The standard InChI is InChI=1S/C14H12N2O3S2/c1-3-19-13(18)9-7-15-14-16(12(9)17)10-5-4-8(20-2)6-11(10)21-14/h4-7H,3H2,1-2H3. The van der Waals surface area contributed by atoms with E-state index in [0.29, 0.717) is 4.96 Å². The van der Waals surface area contributed by atoms with Crippen LogP contribution in [-0.4, -0.2) is 28.2 Å². The van der Waals surface area contributed by atoms with Crippen LogP contribution in [0.15, 0.2) is 34.1 Å². The lowest BCUT2D eigenvalue weighted by atomic mass is 10.3. The van der Waals surface area contributed by atoms with E-state index in [1.165, 1.54) is 21.9 Å². The molecule has 0 fully saturated rings. The van der Waals surface area contributed by atoms with E-state index in [1.807, 2.05) is 24.5 Å². The summed E-state index contributed by atoms with van der Waals surface area (Å²) in [5.41, 5.74) is 0.334. The highest BCUT2D eigenvalue weighted by molar-refractivity contribution is 7.98. The first-order valence-corrected chi connectivity index (χ1v) is 8.35. The molecule has 0 aliphatic rings. The van der Waals surface area contributed by atoms with E-state index in [0.717, 1.165) is 15.1 Å². The fourth-order valence-corrected chi connectivity index (χ4v) is 3.60. The van der Waals surface area contributed by atoms with Gasteiger partial charge in [-0.2, -0.15) is 0 Å². The summed E-state index contributed by atoms with van der Waals surface area (Å²) in [6.45, 7) is 1.92. The molecule has 1 aromatic carbocycles. The minimum absolute atomic E-state index is 0.0389. The lowest BCUT2D eigenvalue weighted by molar-refractivity contribution is 0.0523. The maximum absolute atomic E-state index is 12.5. The van der Waals surface area contributed by atoms with Crippen LogP contribution < -0.4 is 5.56 Å². The lowest BCUT2D eigenvalue weighted by Crippen LogP contribution is -2.23.